The Morgan fingerprint density at radius 1 is 1.25 bits per heavy atom. The zero-order valence-corrected chi connectivity index (χ0v) is 6.63. The first-order valence-electron chi connectivity index (χ1n) is 4.05. The molecular formula is C9H11FN2. The summed E-state index contributed by atoms with van der Waals surface area (Å²) in [5.74, 6) is 0. The second-order valence-electron chi connectivity index (χ2n) is 2.93. The van der Waals surface area contributed by atoms with Gasteiger partial charge in [0.05, 0.1) is 6.04 Å². The van der Waals surface area contributed by atoms with Crippen molar-refractivity contribution in [2.24, 2.45) is 0 Å². The average molecular weight is 166 g/mol. The average Bonchev–Trinajstić information content (AvgIpc) is 2.53. The van der Waals surface area contributed by atoms with Gasteiger partial charge in [-0.05, 0) is 5.56 Å². The third-order valence-corrected chi connectivity index (χ3v) is 2.08. The van der Waals surface area contributed by atoms with Gasteiger partial charge in [-0.1, -0.05) is 30.3 Å². The molecular weight excluding hydrogens is 155 g/mol. The second kappa shape index (κ2) is 3.21. The monoisotopic (exact) mass is 166 g/mol. The van der Waals surface area contributed by atoms with Gasteiger partial charge >= 0.3 is 0 Å². The standard InChI is InChI=1S/C9H11FN2/c10-8-6-11-12-9(8)7-4-2-1-3-5-7/h1-5,8-9,11-12H,6H2. The number of hydrogen-bond acceptors (Lipinski definition) is 2. The van der Waals surface area contributed by atoms with Crippen LogP contribution in [0.4, 0.5) is 4.39 Å². The molecule has 2 atom stereocenters. The van der Waals surface area contributed by atoms with Crippen molar-refractivity contribution in [3.8, 4) is 0 Å². The Kier molecular flexibility index (Phi) is 2.06. The molecule has 64 valence electrons. The molecule has 2 N–H and O–H groups in total. The van der Waals surface area contributed by atoms with E-state index in [-0.39, 0.29) is 6.04 Å². The van der Waals surface area contributed by atoms with Crippen molar-refractivity contribution in [1.29, 1.82) is 0 Å². The number of alkyl halides is 1. The van der Waals surface area contributed by atoms with Gasteiger partial charge in [-0.25, -0.2) is 9.82 Å². The third kappa shape index (κ3) is 1.33. The lowest BCUT2D eigenvalue weighted by Gasteiger charge is -2.11. The minimum atomic E-state index is -0.826. The van der Waals surface area contributed by atoms with Crippen molar-refractivity contribution in [3.05, 3.63) is 35.9 Å². The summed E-state index contributed by atoms with van der Waals surface area (Å²) in [7, 11) is 0. The summed E-state index contributed by atoms with van der Waals surface area (Å²) in [6.45, 7) is 0.388. The van der Waals surface area contributed by atoms with E-state index in [1.165, 1.54) is 0 Å². The first-order chi connectivity index (χ1) is 5.88. The highest BCUT2D eigenvalue weighted by molar-refractivity contribution is 5.20. The third-order valence-electron chi connectivity index (χ3n) is 2.08. The van der Waals surface area contributed by atoms with Crippen LogP contribution in [-0.2, 0) is 0 Å². The molecule has 2 rings (SSSR count). The number of halogens is 1. The molecule has 1 fully saturated rings. The molecule has 0 radical (unpaired) electrons. The molecule has 2 unspecified atom stereocenters. The molecule has 0 saturated carbocycles. The van der Waals surface area contributed by atoms with E-state index >= 15 is 0 Å². The molecule has 0 amide bonds. The van der Waals surface area contributed by atoms with Crippen LogP contribution in [0.2, 0.25) is 0 Å². The maximum atomic E-state index is 13.1. The Labute approximate surface area is 70.8 Å². The molecule has 1 heterocycles. The van der Waals surface area contributed by atoms with Crippen LogP contribution in [0.3, 0.4) is 0 Å². The lowest BCUT2D eigenvalue weighted by molar-refractivity contribution is 0.319. The van der Waals surface area contributed by atoms with Crippen molar-refractivity contribution in [2.75, 3.05) is 6.54 Å². The van der Waals surface area contributed by atoms with Gasteiger partial charge in [0.1, 0.15) is 6.17 Å². The van der Waals surface area contributed by atoms with Crippen LogP contribution >= 0.6 is 0 Å². The fourth-order valence-electron chi connectivity index (χ4n) is 1.43. The molecule has 12 heavy (non-hydrogen) atoms. The topological polar surface area (TPSA) is 24.1 Å². The summed E-state index contributed by atoms with van der Waals surface area (Å²) in [5.41, 5.74) is 6.69. The van der Waals surface area contributed by atoms with E-state index in [1.54, 1.807) is 0 Å². The van der Waals surface area contributed by atoms with E-state index in [0.29, 0.717) is 6.54 Å². The molecule has 0 aromatic heterocycles. The molecule has 1 saturated heterocycles. The van der Waals surface area contributed by atoms with Gasteiger partial charge in [0.15, 0.2) is 0 Å². The Morgan fingerprint density at radius 2 is 2.00 bits per heavy atom. The van der Waals surface area contributed by atoms with E-state index in [9.17, 15) is 4.39 Å². The van der Waals surface area contributed by atoms with Crippen molar-refractivity contribution in [2.45, 2.75) is 12.2 Å². The fourth-order valence-corrected chi connectivity index (χ4v) is 1.43. The van der Waals surface area contributed by atoms with Gasteiger partial charge < -0.3 is 0 Å². The number of rotatable bonds is 1. The van der Waals surface area contributed by atoms with Crippen LogP contribution in [-0.4, -0.2) is 12.7 Å². The summed E-state index contributed by atoms with van der Waals surface area (Å²) >= 11 is 0. The number of nitrogens with one attached hydrogen (secondary N) is 2. The molecule has 0 aliphatic carbocycles. The minimum Gasteiger partial charge on any atom is -0.254 e. The summed E-state index contributed by atoms with van der Waals surface area (Å²) in [4.78, 5) is 0. The van der Waals surface area contributed by atoms with Crippen LogP contribution in [0.5, 0.6) is 0 Å². The first-order valence-corrected chi connectivity index (χ1v) is 4.05. The molecule has 1 aliphatic heterocycles. The number of hydrogen-bond donors (Lipinski definition) is 2. The van der Waals surface area contributed by atoms with Crippen molar-refractivity contribution >= 4 is 0 Å². The van der Waals surface area contributed by atoms with Crippen LogP contribution in [0, 0.1) is 0 Å². The molecule has 1 aromatic rings. The highest BCUT2D eigenvalue weighted by Crippen LogP contribution is 2.20. The van der Waals surface area contributed by atoms with E-state index in [2.05, 4.69) is 10.9 Å². The molecule has 2 nitrogen and oxygen atoms in total. The Morgan fingerprint density at radius 3 is 2.58 bits per heavy atom. The van der Waals surface area contributed by atoms with Crippen LogP contribution in [0.25, 0.3) is 0 Å². The summed E-state index contributed by atoms with van der Waals surface area (Å²) in [5, 5.41) is 0. The second-order valence-corrected chi connectivity index (χ2v) is 2.93. The lowest BCUT2D eigenvalue weighted by Crippen LogP contribution is -2.25. The lowest BCUT2D eigenvalue weighted by atomic mass is 10.0. The minimum absolute atomic E-state index is 0.189. The van der Waals surface area contributed by atoms with Gasteiger partial charge in [-0.15, -0.1) is 0 Å². The smallest absolute Gasteiger partial charge is 0.135 e. The fraction of sp³-hybridized carbons (Fsp3) is 0.333. The quantitative estimate of drug-likeness (QED) is 0.654. The summed E-state index contributed by atoms with van der Waals surface area (Å²) in [6, 6.07) is 9.43. The Bertz CT molecular complexity index is 250. The highest BCUT2D eigenvalue weighted by atomic mass is 19.1. The SMILES string of the molecule is FC1CNNC1c1ccccc1. The van der Waals surface area contributed by atoms with Gasteiger partial charge in [-0.3, -0.25) is 5.43 Å². The van der Waals surface area contributed by atoms with Gasteiger partial charge in [0.2, 0.25) is 0 Å². The zero-order valence-electron chi connectivity index (χ0n) is 6.63. The van der Waals surface area contributed by atoms with Gasteiger partial charge in [-0.2, -0.15) is 0 Å². The van der Waals surface area contributed by atoms with Gasteiger partial charge in [0, 0.05) is 6.54 Å². The van der Waals surface area contributed by atoms with E-state index in [4.69, 9.17) is 0 Å². The van der Waals surface area contributed by atoms with E-state index in [0.717, 1.165) is 5.56 Å². The Balaban J connectivity index is 2.19. The van der Waals surface area contributed by atoms with Crippen LogP contribution < -0.4 is 10.9 Å². The van der Waals surface area contributed by atoms with E-state index < -0.39 is 6.17 Å². The molecule has 0 spiro atoms. The van der Waals surface area contributed by atoms with Crippen molar-refractivity contribution < 1.29 is 4.39 Å². The highest BCUT2D eigenvalue weighted by Gasteiger charge is 2.27. The van der Waals surface area contributed by atoms with Crippen LogP contribution in [0.1, 0.15) is 11.6 Å². The van der Waals surface area contributed by atoms with Gasteiger partial charge in [0.25, 0.3) is 0 Å². The summed E-state index contributed by atoms with van der Waals surface area (Å²) < 4.78 is 13.1. The molecule has 3 heteroatoms. The van der Waals surface area contributed by atoms with E-state index in [1.807, 2.05) is 30.3 Å². The van der Waals surface area contributed by atoms with Crippen molar-refractivity contribution in [3.63, 3.8) is 0 Å². The maximum absolute atomic E-state index is 13.1. The van der Waals surface area contributed by atoms with Crippen LogP contribution in [0.15, 0.2) is 30.3 Å². The largest absolute Gasteiger partial charge is 0.254 e. The maximum Gasteiger partial charge on any atom is 0.135 e. The number of benzene rings is 1. The molecule has 1 aliphatic rings. The zero-order chi connectivity index (χ0) is 8.39. The van der Waals surface area contributed by atoms with Crippen molar-refractivity contribution in [1.82, 2.24) is 10.9 Å². The predicted octanol–water partition coefficient (Wildman–Crippen LogP) is 1.17. The first kappa shape index (κ1) is 7.71. The Hall–Kier alpha value is -0.930. The normalized spacial score (nSPS) is 29.1. The molecule has 1 aromatic carbocycles. The predicted molar refractivity (Wildman–Crippen MR) is 45.2 cm³/mol. The number of hydrazine groups is 1. The molecule has 0 bridgehead atoms. The summed E-state index contributed by atoms with van der Waals surface area (Å²) in [6.07, 6.45) is -0.826.